The number of aliphatic carboxylic acids is 1. The molecule has 6 nitrogen and oxygen atoms in total. The Morgan fingerprint density at radius 1 is 1.32 bits per heavy atom. The second-order valence-corrected chi connectivity index (χ2v) is 6.64. The zero-order chi connectivity index (χ0) is 14.7. The first-order valence-corrected chi connectivity index (χ1v) is 7.18. The number of carboxylic acid groups (broad SMARTS) is 1. The van der Waals surface area contributed by atoms with Gasteiger partial charge >= 0.3 is 5.97 Å². The largest absolute Gasteiger partial charge is 0.481 e. The van der Waals surface area contributed by atoms with E-state index in [1.807, 2.05) is 0 Å². The Kier molecular flexibility index (Phi) is 4.54. The first kappa shape index (κ1) is 15.5. The van der Waals surface area contributed by atoms with E-state index in [0.717, 1.165) is 0 Å². The molecule has 0 heterocycles. The summed E-state index contributed by atoms with van der Waals surface area (Å²) in [5.74, 6) is -0.965. The van der Waals surface area contributed by atoms with Gasteiger partial charge in [0, 0.05) is 5.54 Å². The molecule has 0 spiro atoms. The fourth-order valence-electron chi connectivity index (χ4n) is 1.50. The van der Waals surface area contributed by atoms with Crippen LogP contribution in [0.2, 0.25) is 0 Å². The molecular weight excluding hydrogens is 268 g/mol. The van der Waals surface area contributed by atoms with Crippen molar-refractivity contribution in [2.24, 2.45) is 0 Å². The van der Waals surface area contributed by atoms with Crippen LogP contribution in [0, 0.1) is 0 Å². The molecule has 0 atom stereocenters. The van der Waals surface area contributed by atoms with Crippen molar-refractivity contribution >= 4 is 21.9 Å². The molecular formula is C12H18N2O4S. The summed E-state index contributed by atoms with van der Waals surface area (Å²) < 4.78 is 28.4. The third kappa shape index (κ3) is 6.21. The second-order valence-electron chi connectivity index (χ2n) is 5.23. The SMILES string of the molecule is CC(C)(C)NS(=O)(=O)Nc1cccc(CC(=O)O)c1. The molecule has 3 N–H and O–H groups in total. The van der Waals surface area contributed by atoms with Crippen molar-refractivity contribution in [2.45, 2.75) is 32.7 Å². The van der Waals surface area contributed by atoms with E-state index in [2.05, 4.69) is 9.44 Å². The molecule has 7 heteroatoms. The van der Waals surface area contributed by atoms with Crippen LogP contribution >= 0.6 is 0 Å². The molecule has 0 radical (unpaired) electrons. The lowest BCUT2D eigenvalue weighted by atomic mass is 10.1. The number of hydrogen-bond acceptors (Lipinski definition) is 3. The summed E-state index contributed by atoms with van der Waals surface area (Å²) >= 11 is 0. The first-order chi connectivity index (χ1) is 8.57. The molecule has 0 saturated carbocycles. The number of benzene rings is 1. The Balaban J connectivity index is 2.85. The zero-order valence-corrected chi connectivity index (χ0v) is 11.9. The summed E-state index contributed by atoms with van der Waals surface area (Å²) in [5.41, 5.74) is 0.267. The lowest BCUT2D eigenvalue weighted by Crippen LogP contribution is -2.43. The average Bonchev–Trinajstić information content (AvgIpc) is 2.11. The van der Waals surface area contributed by atoms with Gasteiger partial charge in [-0.25, -0.2) is 0 Å². The smallest absolute Gasteiger partial charge is 0.307 e. The highest BCUT2D eigenvalue weighted by Crippen LogP contribution is 2.13. The van der Waals surface area contributed by atoms with Crippen LogP contribution in [0.15, 0.2) is 24.3 Å². The van der Waals surface area contributed by atoms with Crippen LogP contribution in [0.5, 0.6) is 0 Å². The molecule has 0 amide bonds. The highest BCUT2D eigenvalue weighted by atomic mass is 32.2. The highest BCUT2D eigenvalue weighted by Gasteiger charge is 2.19. The van der Waals surface area contributed by atoms with E-state index in [0.29, 0.717) is 11.3 Å². The summed E-state index contributed by atoms with van der Waals surface area (Å²) in [4.78, 5) is 10.6. The molecule has 1 aromatic rings. The summed E-state index contributed by atoms with van der Waals surface area (Å²) in [7, 11) is -3.68. The van der Waals surface area contributed by atoms with Crippen molar-refractivity contribution in [2.75, 3.05) is 4.72 Å². The Morgan fingerprint density at radius 3 is 2.47 bits per heavy atom. The van der Waals surface area contributed by atoms with Crippen LogP contribution in [0.1, 0.15) is 26.3 Å². The summed E-state index contributed by atoms with van der Waals surface area (Å²) in [6.45, 7) is 5.19. The molecule has 0 bridgehead atoms. The number of carbonyl (C=O) groups is 1. The monoisotopic (exact) mass is 286 g/mol. The maximum Gasteiger partial charge on any atom is 0.307 e. The quantitative estimate of drug-likeness (QED) is 0.761. The fourth-order valence-corrected chi connectivity index (χ4v) is 2.80. The van der Waals surface area contributed by atoms with Crippen molar-refractivity contribution in [3.8, 4) is 0 Å². The number of carboxylic acids is 1. The highest BCUT2D eigenvalue weighted by molar-refractivity contribution is 7.90. The van der Waals surface area contributed by atoms with Crippen LogP contribution in [-0.2, 0) is 21.4 Å². The second kappa shape index (κ2) is 5.58. The molecule has 1 aromatic carbocycles. The van der Waals surface area contributed by atoms with E-state index in [4.69, 9.17) is 5.11 Å². The van der Waals surface area contributed by atoms with Crippen molar-refractivity contribution in [3.05, 3.63) is 29.8 Å². The molecule has 0 fully saturated rings. The predicted molar refractivity (Wildman–Crippen MR) is 73.2 cm³/mol. The molecule has 106 valence electrons. The lowest BCUT2D eigenvalue weighted by Gasteiger charge is -2.21. The molecule has 1 rings (SSSR count). The maximum atomic E-state index is 11.8. The van der Waals surface area contributed by atoms with E-state index in [9.17, 15) is 13.2 Å². The third-order valence-corrected chi connectivity index (χ3v) is 3.36. The Hall–Kier alpha value is -1.60. The molecule has 0 aromatic heterocycles. The maximum absolute atomic E-state index is 11.8. The van der Waals surface area contributed by atoms with Crippen LogP contribution < -0.4 is 9.44 Å². The van der Waals surface area contributed by atoms with E-state index in [1.54, 1.807) is 39.0 Å². The van der Waals surface area contributed by atoms with Gasteiger partial charge in [-0.05, 0) is 38.5 Å². The van der Waals surface area contributed by atoms with E-state index in [-0.39, 0.29) is 6.42 Å². The van der Waals surface area contributed by atoms with Gasteiger partial charge in [0.15, 0.2) is 0 Å². The third-order valence-electron chi connectivity index (χ3n) is 1.98. The van der Waals surface area contributed by atoms with Crippen LogP contribution in [0.4, 0.5) is 5.69 Å². The Morgan fingerprint density at radius 2 is 1.95 bits per heavy atom. The molecule has 19 heavy (non-hydrogen) atoms. The van der Waals surface area contributed by atoms with Crippen LogP contribution in [0.25, 0.3) is 0 Å². The topological polar surface area (TPSA) is 95.5 Å². The van der Waals surface area contributed by atoms with Gasteiger partial charge in [0.2, 0.25) is 0 Å². The van der Waals surface area contributed by atoms with Gasteiger partial charge in [0.05, 0.1) is 12.1 Å². The van der Waals surface area contributed by atoms with Crippen molar-refractivity contribution < 1.29 is 18.3 Å². The molecule has 0 aliphatic heterocycles. The number of hydrogen-bond donors (Lipinski definition) is 3. The number of rotatable bonds is 5. The minimum absolute atomic E-state index is 0.151. The standard InChI is InChI=1S/C12H18N2O4S/c1-12(2,3)14-19(17,18)13-10-6-4-5-9(7-10)8-11(15)16/h4-7,13-14H,8H2,1-3H3,(H,15,16). The Labute approximate surface area is 113 Å². The number of anilines is 1. The van der Waals surface area contributed by atoms with E-state index < -0.39 is 21.7 Å². The average molecular weight is 286 g/mol. The van der Waals surface area contributed by atoms with Crippen LogP contribution in [0.3, 0.4) is 0 Å². The minimum atomic E-state index is -3.68. The van der Waals surface area contributed by atoms with Gasteiger partial charge in [0.1, 0.15) is 0 Å². The minimum Gasteiger partial charge on any atom is -0.481 e. The van der Waals surface area contributed by atoms with Gasteiger partial charge in [-0.2, -0.15) is 13.1 Å². The van der Waals surface area contributed by atoms with Gasteiger partial charge in [-0.15, -0.1) is 0 Å². The Bertz CT molecular complexity index is 561. The van der Waals surface area contributed by atoms with E-state index in [1.165, 1.54) is 6.07 Å². The van der Waals surface area contributed by atoms with Crippen molar-refractivity contribution in [1.29, 1.82) is 0 Å². The fraction of sp³-hybridized carbons (Fsp3) is 0.417. The number of nitrogens with one attached hydrogen (secondary N) is 2. The van der Waals surface area contributed by atoms with Gasteiger partial charge in [-0.3, -0.25) is 9.52 Å². The molecule has 0 unspecified atom stereocenters. The summed E-state index contributed by atoms with van der Waals surface area (Å²) in [6.07, 6.45) is -0.151. The lowest BCUT2D eigenvalue weighted by molar-refractivity contribution is -0.136. The van der Waals surface area contributed by atoms with Gasteiger partial charge in [-0.1, -0.05) is 12.1 Å². The molecule has 0 aliphatic carbocycles. The normalized spacial score (nSPS) is 12.2. The van der Waals surface area contributed by atoms with Gasteiger partial charge in [0.25, 0.3) is 10.2 Å². The van der Waals surface area contributed by atoms with E-state index >= 15 is 0 Å². The van der Waals surface area contributed by atoms with Crippen LogP contribution in [-0.4, -0.2) is 25.0 Å². The van der Waals surface area contributed by atoms with Crippen molar-refractivity contribution in [1.82, 2.24) is 4.72 Å². The summed E-state index contributed by atoms with van der Waals surface area (Å²) in [5, 5.41) is 8.69. The molecule has 0 aliphatic rings. The predicted octanol–water partition coefficient (Wildman–Crippen LogP) is 1.36. The summed E-state index contributed by atoms with van der Waals surface area (Å²) in [6, 6.07) is 6.29. The van der Waals surface area contributed by atoms with Crippen molar-refractivity contribution in [3.63, 3.8) is 0 Å². The first-order valence-electron chi connectivity index (χ1n) is 5.70. The molecule has 0 saturated heterocycles. The van der Waals surface area contributed by atoms with Gasteiger partial charge < -0.3 is 5.11 Å². The zero-order valence-electron chi connectivity index (χ0n) is 11.1.